The Hall–Kier alpha value is -2.61. The number of anilines is 1. The van der Waals surface area contributed by atoms with Crippen molar-refractivity contribution in [3.05, 3.63) is 24.3 Å². The normalized spacial score (nSPS) is 11.3. The van der Waals surface area contributed by atoms with Crippen molar-refractivity contribution in [3.8, 4) is 5.75 Å². The zero-order valence-corrected chi connectivity index (χ0v) is 14.9. The molecule has 0 saturated heterocycles. The fourth-order valence-corrected chi connectivity index (χ4v) is 2.14. The molecule has 0 saturated carbocycles. The third-order valence-electron chi connectivity index (χ3n) is 3.39. The number of carbonyl (C=O) groups is 3. The van der Waals surface area contributed by atoms with E-state index in [1.807, 2.05) is 0 Å². The summed E-state index contributed by atoms with van der Waals surface area (Å²) in [5.74, 6) is -0.00294. The number of ether oxygens (including phenoxy) is 2. The van der Waals surface area contributed by atoms with Crippen LogP contribution in [0.4, 0.5) is 5.69 Å². The van der Waals surface area contributed by atoms with E-state index in [-0.39, 0.29) is 37.3 Å². The topological polar surface area (TPSA) is 98.2 Å². The molecule has 1 atom stereocenters. The maximum atomic E-state index is 12.0. The summed E-state index contributed by atoms with van der Waals surface area (Å²) in [4.78, 5) is 35.5. The highest BCUT2D eigenvalue weighted by Crippen LogP contribution is 2.16. The third-order valence-corrected chi connectivity index (χ3v) is 3.39. The van der Waals surface area contributed by atoms with Crippen LogP contribution in [-0.2, 0) is 19.1 Å². The number of quaternary nitrogens is 1. The van der Waals surface area contributed by atoms with Crippen molar-refractivity contribution in [2.24, 2.45) is 0 Å². The molecule has 0 heterocycles. The van der Waals surface area contributed by atoms with Crippen molar-refractivity contribution in [1.29, 1.82) is 0 Å². The predicted molar refractivity (Wildman–Crippen MR) is 92.5 cm³/mol. The lowest BCUT2D eigenvalue weighted by Crippen LogP contribution is -3.11. The average molecular weight is 352 g/mol. The molecule has 3 N–H and O–H groups in total. The van der Waals surface area contributed by atoms with Gasteiger partial charge in [-0.25, -0.2) is 0 Å². The molecule has 0 bridgehead atoms. The average Bonchev–Trinajstić information content (AvgIpc) is 2.58. The van der Waals surface area contributed by atoms with Crippen molar-refractivity contribution in [3.63, 3.8) is 0 Å². The number of carbonyl (C=O) groups excluding carboxylic acids is 3. The molecule has 2 amide bonds. The van der Waals surface area contributed by atoms with Crippen LogP contribution in [0.5, 0.6) is 5.75 Å². The standard InChI is InChI=1S/C17H25N3O5/c1-20(11-15(21)18-9-5-8-17(23)25-3)12-16(22)19-13-6-4-7-14(10-13)24-2/h4,6-7,10H,5,8-9,11-12H2,1-3H3,(H,18,21)(H,19,22)/p+1. The first-order valence-corrected chi connectivity index (χ1v) is 8.03. The smallest absolute Gasteiger partial charge is 0.305 e. The third kappa shape index (κ3) is 8.71. The fourth-order valence-electron chi connectivity index (χ4n) is 2.14. The van der Waals surface area contributed by atoms with E-state index in [0.29, 0.717) is 24.4 Å². The molecule has 1 aromatic carbocycles. The van der Waals surface area contributed by atoms with Gasteiger partial charge in [-0.2, -0.15) is 0 Å². The summed E-state index contributed by atoms with van der Waals surface area (Å²) in [6.45, 7) is 0.730. The SMILES string of the molecule is COC(=O)CCCNC(=O)C[NH+](C)CC(=O)Nc1cccc(OC)c1. The van der Waals surface area contributed by atoms with Gasteiger partial charge in [0.25, 0.3) is 11.8 Å². The van der Waals surface area contributed by atoms with Crippen molar-refractivity contribution in [2.45, 2.75) is 12.8 Å². The Labute approximate surface area is 147 Å². The van der Waals surface area contributed by atoms with E-state index in [1.165, 1.54) is 7.11 Å². The molecule has 8 nitrogen and oxygen atoms in total. The van der Waals surface area contributed by atoms with E-state index in [2.05, 4.69) is 15.4 Å². The maximum absolute atomic E-state index is 12.0. The summed E-state index contributed by atoms with van der Waals surface area (Å²) in [5.41, 5.74) is 0.643. The van der Waals surface area contributed by atoms with Crippen LogP contribution in [0.25, 0.3) is 0 Å². The molecule has 25 heavy (non-hydrogen) atoms. The van der Waals surface area contributed by atoms with E-state index in [1.54, 1.807) is 38.4 Å². The Bertz CT molecular complexity index is 591. The second-order valence-corrected chi connectivity index (χ2v) is 5.62. The van der Waals surface area contributed by atoms with Gasteiger partial charge in [0.2, 0.25) is 0 Å². The lowest BCUT2D eigenvalue weighted by Gasteiger charge is -2.14. The zero-order valence-electron chi connectivity index (χ0n) is 14.9. The summed E-state index contributed by atoms with van der Waals surface area (Å²) < 4.78 is 9.62. The molecule has 1 aromatic rings. The van der Waals surface area contributed by atoms with Gasteiger partial charge in [-0.15, -0.1) is 0 Å². The number of rotatable bonds is 10. The van der Waals surface area contributed by atoms with Crippen LogP contribution in [0.15, 0.2) is 24.3 Å². The summed E-state index contributed by atoms with van der Waals surface area (Å²) >= 11 is 0. The molecule has 0 aromatic heterocycles. The zero-order chi connectivity index (χ0) is 18.7. The van der Waals surface area contributed by atoms with Crippen LogP contribution in [0.3, 0.4) is 0 Å². The highest BCUT2D eigenvalue weighted by molar-refractivity contribution is 5.91. The summed E-state index contributed by atoms with van der Waals surface area (Å²) in [5, 5.41) is 5.48. The molecule has 0 aliphatic heterocycles. The summed E-state index contributed by atoms with van der Waals surface area (Å²) in [7, 11) is 4.65. The Kier molecular flexibility index (Phi) is 9.02. The highest BCUT2D eigenvalue weighted by Gasteiger charge is 2.14. The Balaban J connectivity index is 2.27. The van der Waals surface area contributed by atoms with Crippen LogP contribution in [0.1, 0.15) is 12.8 Å². The minimum Gasteiger partial charge on any atom is -0.497 e. The number of methoxy groups -OCH3 is 2. The molecular formula is C17H26N3O5+. The van der Waals surface area contributed by atoms with Crippen molar-refractivity contribution >= 4 is 23.5 Å². The molecule has 0 radical (unpaired) electrons. The summed E-state index contributed by atoms with van der Waals surface area (Å²) in [6.07, 6.45) is 0.788. The second-order valence-electron chi connectivity index (χ2n) is 5.62. The van der Waals surface area contributed by atoms with Gasteiger partial charge in [0.1, 0.15) is 5.75 Å². The highest BCUT2D eigenvalue weighted by atomic mass is 16.5. The van der Waals surface area contributed by atoms with Crippen molar-refractivity contribution in [1.82, 2.24) is 5.32 Å². The first kappa shape index (κ1) is 20.4. The number of hydrogen-bond acceptors (Lipinski definition) is 5. The first-order chi connectivity index (χ1) is 11.9. The number of likely N-dealkylation sites (N-methyl/N-ethyl adjacent to an activating group) is 1. The van der Waals surface area contributed by atoms with E-state index in [4.69, 9.17) is 4.74 Å². The van der Waals surface area contributed by atoms with Gasteiger partial charge < -0.3 is 25.0 Å². The van der Waals surface area contributed by atoms with Gasteiger partial charge in [0.05, 0.1) is 21.3 Å². The van der Waals surface area contributed by atoms with Gasteiger partial charge in [0.15, 0.2) is 13.1 Å². The number of amides is 2. The molecule has 0 fully saturated rings. The molecule has 8 heteroatoms. The van der Waals surface area contributed by atoms with Gasteiger partial charge in [-0.05, 0) is 18.6 Å². The number of benzene rings is 1. The molecule has 138 valence electrons. The molecule has 1 unspecified atom stereocenters. The molecule has 0 aliphatic carbocycles. The van der Waals surface area contributed by atoms with Gasteiger partial charge >= 0.3 is 5.97 Å². The number of nitrogens with one attached hydrogen (secondary N) is 3. The molecule has 1 rings (SSSR count). The maximum Gasteiger partial charge on any atom is 0.305 e. The number of esters is 1. The quantitative estimate of drug-likeness (QED) is 0.379. The predicted octanol–water partition coefficient (Wildman–Crippen LogP) is -0.782. The summed E-state index contributed by atoms with van der Waals surface area (Å²) in [6, 6.07) is 7.06. The fraction of sp³-hybridized carbons (Fsp3) is 0.471. The Morgan fingerprint density at radius 3 is 2.52 bits per heavy atom. The van der Waals surface area contributed by atoms with Crippen molar-refractivity contribution < 1.29 is 28.8 Å². The molecular weight excluding hydrogens is 326 g/mol. The van der Waals surface area contributed by atoms with Crippen LogP contribution >= 0.6 is 0 Å². The van der Waals surface area contributed by atoms with Crippen LogP contribution in [0.2, 0.25) is 0 Å². The van der Waals surface area contributed by atoms with E-state index in [9.17, 15) is 14.4 Å². The lowest BCUT2D eigenvalue weighted by molar-refractivity contribution is -0.862. The van der Waals surface area contributed by atoms with Crippen molar-refractivity contribution in [2.75, 3.05) is 46.2 Å². The Morgan fingerprint density at radius 1 is 1.12 bits per heavy atom. The number of hydrogen-bond donors (Lipinski definition) is 3. The van der Waals surface area contributed by atoms with Crippen LogP contribution in [-0.4, -0.2) is 58.7 Å². The lowest BCUT2D eigenvalue weighted by atomic mass is 10.3. The molecule has 0 spiro atoms. The van der Waals surface area contributed by atoms with E-state index < -0.39 is 0 Å². The monoisotopic (exact) mass is 352 g/mol. The Morgan fingerprint density at radius 2 is 1.84 bits per heavy atom. The largest absolute Gasteiger partial charge is 0.497 e. The first-order valence-electron chi connectivity index (χ1n) is 8.03. The van der Waals surface area contributed by atoms with Gasteiger partial charge in [-0.3, -0.25) is 14.4 Å². The van der Waals surface area contributed by atoms with E-state index in [0.717, 1.165) is 4.90 Å². The van der Waals surface area contributed by atoms with E-state index >= 15 is 0 Å². The minimum atomic E-state index is -0.300. The van der Waals surface area contributed by atoms with Crippen LogP contribution in [0, 0.1) is 0 Å². The second kappa shape index (κ2) is 11.0. The van der Waals surface area contributed by atoms with Gasteiger partial charge in [0, 0.05) is 24.7 Å². The van der Waals surface area contributed by atoms with Gasteiger partial charge in [-0.1, -0.05) is 6.07 Å². The minimum absolute atomic E-state index is 0.160. The van der Waals surface area contributed by atoms with Crippen LogP contribution < -0.4 is 20.3 Å². The molecule has 0 aliphatic rings.